The molecule has 0 rings (SSSR count). The van der Waals surface area contributed by atoms with E-state index in [0.29, 0.717) is 5.92 Å². The van der Waals surface area contributed by atoms with E-state index >= 15 is 0 Å². The Hall–Kier alpha value is -0.790. The van der Waals surface area contributed by atoms with E-state index < -0.39 is 0 Å². The summed E-state index contributed by atoms with van der Waals surface area (Å²) in [7, 11) is 0. The molecule has 0 radical (unpaired) electrons. The van der Waals surface area contributed by atoms with Crippen LogP contribution in [-0.2, 0) is 0 Å². The second kappa shape index (κ2) is 5.96. The highest BCUT2D eigenvalue weighted by molar-refractivity contribution is 5.77. The normalized spacial score (nSPS) is 15.7. The fraction of sp³-hybridized carbons (Fsp3) is 0.667. The first-order chi connectivity index (χ1) is 5.20. The SMILES string of the molecule is CC[C@@H](C)CN=CC(C)=CN. The molecule has 0 unspecified atom stereocenters. The third-order valence-corrected chi connectivity index (χ3v) is 1.67. The van der Waals surface area contributed by atoms with Crippen molar-refractivity contribution in [1.29, 1.82) is 0 Å². The number of aliphatic imine (C=N–C) groups is 1. The average molecular weight is 154 g/mol. The average Bonchev–Trinajstić information content (AvgIpc) is 2.04. The first-order valence-corrected chi connectivity index (χ1v) is 4.09. The summed E-state index contributed by atoms with van der Waals surface area (Å²) < 4.78 is 0. The molecule has 0 saturated heterocycles. The monoisotopic (exact) mass is 154 g/mol. The van der Waals surface area contributed by atoms with Gasteiger partial charge in [0.1, 0.15) is 0 Å². The van der Waals surface area contributed by atoms with Gasteiger partial charge in [-0.1, -0.05) is 20.3 Å². The lowest BCUT2D eigenvalue weighted by Gasteiger charge is -2.01. The van der Waals surface area contributed by atoms with Crippen LogP contribution in [0, 0.1) is 5.92 Å². The van der Waals surface area contributed by atoms with E-state index in [-0.39, 0.29) is 0 Å². The van der Waals surface area contributed by atoms with E-state index in [4.69, 9.17) is 5.73 Å². The molecule has 0 heterocycles. The maximum atomic E-state index is 5.27. The van der Waals surface area contributed by atoms with Crippen LogP contribution < -0.4 is 5.73 Å². The van der Waals surface area contributed by atoms with Crippen molar-refractivity contribution in [2.24, 2.45) is 16.6 Å². The van der Waals surface area contributed by atoms with Crippen molar-refractivity contribution in [2.75, 3.05) is 6.54 Å². The minimum Gasteiger partial charge on any atom is -0.404 e. The van der Waals surface area contributed by atoms with Gasteiger partial charge in [0.15, 0.2) is 0 Å². The maximum Gasteiger partial charge on any atom is 0.0414 e. The molecule has 0 aromatic carbocycles. The highest BCUT2D eigenvalue weighted by Gasteiger charge is 1.93. The molecule has 0 spiro atoms. The molecular weight excluding hydrogens is 136 g/mol. The zero-order valence-corrected chi connectivity index (χ0v) is 7.67. The van der Waals surface area contributed by atoms with Crippen molar-refractivity contribution >= 4 is 6.21 Å². The lowest BCUT2D eigenvalue weighted by atomic mass is 10.1. The Kier molecular flexibility index (Phi) is 5.53. The Labute approximate surface area is 69.2 Å². The number of hydrogen-bond donors (Lipinski definition) is 1. The van der Waals surface area contributed by atoms with Gasteiger partial charge < -0.3 is 5.73 Å². The Bertz CT molecular complexity index is 148. The molecule has 2 heteroatoms. The summed E-state index contributed by atoms with van der Waals surface area (Å²) in [5.41, 5.74) is 6.29. The molecule has 0 aliphatic heterocycles. The zero-order chi connectivity index (χ0) is 8.69. The van der Waals surface area contributed by atoms with Crippen LogP contribution >= 0.6 is 0 Å². The van der Waals surface area contributed by atoms with Crippen molar-refractivity contribution in [2.45, 2.75) is 27.2 Å². The van der Waals surface area contributed by atoms with Crippen molar-refractivity contribution in [3.8, 4) is 0 Å². The molecule has 0 aliphatic rings. The summed E-state index contributed by atoms with van der Waals surface area (Å²) >= 11 is 0. The van der Waals surface area contributed by atoms with Gasteiger partial charge in [0.05, 0.1) is 0 Å². The Morgan fingerprint density at radius 1 is 1.64 bits per heavy atom. The standard InChI is InChI=1S/C9H18N2/c1-4-8(2)6-11-7-9(3)5-10/h5,7-8H,4,6,10H2,1-3H3/t8-/m1/s1. The van der Waals surface area contributed by atoms with Crippen molar-refractivity contribution in [1.82, 2.24) is 0 Å². The summed E-state index contributed by atoms with van der Waals surface area (Å²) in [4.78, 5) is 4.24. The highest BCUT2D eigenvalue weighted by atomic mass is 14.7. The van der Waals surface area contributed by atoms with E-state index in [2.05, 4.69) is 18.8 Å². The predicted molar refractivity (Wildman–Crippen MR) is 50.8 cm³/mol. The fourth-order valence-electron chi connectivity index (χ4n) is 0.549. The van der Waals surface area contributed by atoms with Crippen LogP contribution in [0.5, 0.6) is 0 Å². The van der Waals surface area contributed by atoms with Crippen LogP contribution in [0.3, 0.4) is 0 Å². The molecule has 0 aromatic heterocycles. The van der Waals surface area contributed by atoms with Gasteiger partial charge in [-0.15, -0.1) is 0 Å². The topological polar surface area (TPSA) is 38.4 Å². The van der Waals surface area contributed by atoms with Crippen LogP contribution in [-0.4, -0.2) is 12.8 Å². The quantitative estimate of drug-likeness (QED) is 0.618. The second-order valence-electron chi connectivity index (χ2n) is 2.92. The zero-order valence-electron chi connectivity index (χ0n) is 7.67. The van der Waals surface area contributed by atoms with E-state index in [0.717, 1.165) is 12.1 Å². The second-order valence-corrected chi connectivity index (χ2v) is 2.92. The molecule has 0 bridgehead atoms. The molecule has 0 saturated carbocycles. The third kappa shape index (κ3) is 5.64. The van der Waals surface area contributed by atoms with Gasteiger partial charge in [-0.25, -0.2) is 0 Å². The highest BCUT2D eigenvalue weighted by Crippen LogP contribution is 1.99. The number of allylic oxidation sites excluding steroid dienone is 1. The molecule has 2 N–H and O–H groups in total. The lowest BCUT2D eigenvalue weighted by Crippen LogP contribution is -1.97. The van der Waals surface area contributed by atoms with Gasteiger partial charge in [0.25, 0.3) is 0 Å². The summed E-state index contributed by atoms with van der Waals surface area (Å²) in [6, 6.07) is 0. The molecular formula is C9H18N2. The van der Waals surface area contributed by atoms with E-state index in [1.807, 2.05) is 13.1 Å². The van der Waals surface area contributed by atoms with Gasteiger partial charge in [-0.2, -0.15) is 0 Å². The van der Waals surface area contributed by atoms with Gasteiger partial charge >= 0.3 is 0 Å². The molecule has 1 atom stereocenters. The first kappa shape index (κ1) is 10.2. The van der Waals surface area contributed by atoms with Gasteiger partial charge in [0.2, 0.25) is 0 Å². The summed E-state index contributed by atoms with van der Waals surface area (Å²) in [5.74, 6) is 0.678. The molecule has 11 heavy (non-hydrogen) atoms. The molecule has 0 aliphatic carbocycles. The maximum absolute atomic E-state index is 5.27. The molecule has 0 amide bonds. The summed E-state index contributed by atoms with van der Waals surface area (Å²) in [6.45, 7) is 7.21. The van der Waals surface area contributed by atoms with Crippen LogP contribution in [0.15, 0.2) is 16.8 Å². The predicted octanol–water partition coefficient (Wildman–Crippen LogP) is 1.97. The van der Waals surface area contributed by atoms with E-state index in [1.54, 1.807) is 6.20 Å². The van der Waals surface area contributed by atoms with E-state index in [1.165, 1.54) is 6.42 Å². The third-order valence-electron chi connectivity index (χ3n) is 1.67. The van der Waals surface area contributed by atoms with Gasteiger partial charge in [-0.05, 0) is 24.6 Å². The minimum atomic E-state index is 0.678. The van der Waals surface area contributed by atoms with E-state index in [9.17, 15) is 0 Å². The Morgan fingerprint density at radius 3 is 2.73 bits per heavy atom. The van der Waals surface area contributed by atoms with Crippen LogP contribution in [0.25, 0.3) is 0 Å². The smallest absolute Gasteiger partial charge is 0.0414 e. The number of nitrogens with two attached hydrogens (primary N) is 1. The molecule has 0 fully saturated rings. The minimum absolute atomic E-state index is 0.678. The van der Waals surface area contributed by atoms with Crippen LogP contribution in [0.1, 0.15) is 27.2 Å². The molecule has 0 aromatic rings. The summed E-state index contributed by atoms with van der Waals surface area (Å²) in [6.07, 6.45) is 4.58. The lowest BCUT2D eigenvalue weighted by molar-refractivity contribution is 0.578. The van der Waals surface area contributed by atoms with Gasteiger partial charge in [-0.3, -0.25) is 4.99 Å². The van der Waals surface area contributed by atoms with Crippen molar-refractivity contribution < 1.29 is 0 Å². The van der Waals surface area contributed by atoms with Gasteiger partial charge in [0, 0.05) is 12.8 Å². The first-order valence-electron chi connectivity index (χ1n) is 4.09. The van der Waals surface area contributed by atoms with Crippen molar-refractivity contribution in [3.05, 3.63) is 11.8 Å². The molecule has 2 nitrogen and oxygen atoms in total. The summed E-state index contributed by atoms with van der Waals surface area (Å²) in [5, 5.41) is 0. The van der Waals surface area contributed by atoms with Crippen molar-refractivity contribution in [3.63, 3.8) is 0 Å². The van der Waals surface area contributed by atoms with Crippen LogP contribution in [0.2, 0.25) is 0 Å². The fourth-order valence-corrected chi connectivity index (χ4v) is 0.549. The molecule has 64 valence electrons. The number of nitrogens with zero attached hydrogens (tertiary/aromatic N) is 1. The number of hydrogen-bond acceptors (Lipinski definition) is 2. The van der Waals surface area contributed by atoms with Crippen LogP contribution in [0.4, 0.5) is 0 Å². The Morgan fingerprint density at radius 2 is 2.27 bits per heavy atom. The Balaban J connectivity index is 3.60. The largest absolute Gasteiger partial charge is 0.404 e. The number of rotatable bonds is 4.